The van der Waals surface area contributed by atoms with Crippen molar-refractivity contribution >= 4 is 35.8 Å². The summed E-state index contributed by atoms with van der Waals surface area (Å²) in [6.45, 7) is 3.48. The van der Waals surface area contributed by atoms with Gasteiger partial charge in [-0.3, -0.25) is 9.59 Å². The van der Waals surface area contributed by atoms with Crippen molar-refractivity contribution < 1.29 is 9.59 Å². The first-order chi connectivity index (χ1) is 13.6. The average molecular weight is 434 g/mol. The summed E-state index contributed by atoms with van der Waals surface area (Å²) in [7, 11) is 0. The highest BCUT2D eigenvalue weighted by molar-refractivity contribution is 6.30. The van der Waals surface area contributed by atoms with Crippen LogP contribution in [0, 0.1) is 0 Å². The number of hydrogen-bond donors (Lipinski definition) is 1. The van der Waals surface area contributed by atoms with E-state index in [1.807, 2.05) is 58.3 Å². The lowest BCUT2D eigenvalue weighted by atomic mass is 10.0. The maximum Gasteiger partial charge on any atom is 0.254 e. The van der Waals surface area contributed by atoms with E-state index in [0.29, 0.717) is 36.6 Å². The number of benzene rings is 2. The zero-order valence-electron chi connectivity index (χ0n) is 16.1. The van der Waals surface area contributed by atoms with E-state index >= 15 is 0 Å². The molecule has 2 aliphatic rings. The van der Waals surface area contributed by atoms with Crippen LogP contribution in [-0.4, -0.2) is 47.8 Å². The van der Waals surface area contributed by atoms with Crippen LogP contribution in [0.15, 0.2) is 48.5 Å². The summed E-state index contributed by atoms with van der Waals surface area (Å²) >= 11 is 6.17. The number of nitrogens with one attached hydrogen (secondary N) is 1. The molecule has 0 bridgehead atoms. The average Bonchev–Trinajstić information content (AvgIpc) is 3.12. The smallest absolute Gasteiger partial charge is 0.254 e. The van der Waals surface area contributed by atoms with Crippen molar-refractivity contribution in [1.82, 2.24) is 15.1 Å². The molecule has 4 rings (SSSR count). The van der Waals surface area contributed by atoms with E-state index in [1.165, 1.54) is 0 Å². The first-order valence-electron chi connectivity index (χ1n) is 9.76. The molecule has 7 heteroatoms. The van der Waals surface area contributed by atoms with Gasteiger partial charge >= 0.3 is 0 Å². The number of carbonyl (C=O) groups is 2. The highest BCUT2D eigenvalue weighted by Crippen LogP contribution is 2.26. The molecule has 2 aliphatic heterocycles. The number of rotatable bonds is 4. The van der Waals surface area contributed by atoms with Gasteiger partial charge in [-0.05, 0) is 41.8 Å². The molecule has 1 atom stereocenters. The zero-order chi connectivity index (χ0) is 19.5. The number of likely N-dealkylation sites (tertiary alicyclic amines) is 1. The van der Waals surface area contributed by atoms with Gasteiger partial charge in [-0.2, -0.15) is 0 Å². The van der Waals surface area contributed by atoms with Crippen molar-refractivity contribution in [2.24, 2.45) is 0 Å². The Morgan fingerprint density at radius 3 is 2.72 bits per heavy atom. The Hall–Kier alpha value is -2.08. The topological polar surface area (TPSA) is 52.7 Å². The van der Waals surface area contributed by atoms with Gasteiger partial charge in [0.2, 0.25) is 5.91 Å². The fourth-order valence-corrected chi connectivity index (χ4v) is 4.22. The fourth-order valence-electron chi connectivity index (χ4n) is 4.02. The molecule has 2 aromatic rings. The lowest BCUT2D eigenvalue weighted by Gasteiger charge is -2.36. The largest absolute Gasteiger partial charge is 0.338 e. The molecule has 1 unspecified atom stereocenters. The third-order valence-electron chi connectivity index (χ3n) is 5.46. The minimum absolute atomic E-state index is 0. The summed E-state index contributed by atoms with van der Waals surface area (Å²) in [5.74, 6) is 0.209. The number of hydrogen-bond acceptors (Lipinski definition) is 3. The maximum absolute atomic E-state index is 13.3. The third kappa shape index (κ3) is 4.92. The summed E-state index contributed by atoms with van der Waals surface area (Å²) in [5, 5.41) is 4.05. The second kappa shape index (κ2) is 9.61. The van der Waals surface area contributed by atoms with Crippen LogP contribution in [0.5, 0.6) is 0 Å². The summed E-state index contributed by atoms with van der Waals surface area (Å²) in [4.78, 5) is 29.0. The van der Waals surface area contributed by atoms with Crippen LogP contribution in [-0.2, 0) is 11.3 Å². The van der Waals surface area contributed by atoms with Crippen LogP contribution in [0.4, 0.5) is 0 Å². The molecule has 29 heavy (non-hydrogen) atoms. The van der Waals surface area contributed by atoms with E-state index in [9.17, 15) is 9.59 Å². The second-order valence-corrected chi connectivity index (χ2v) is 7.83. The number of piperazine rings is 1. The van der Waals surface area contributed by atoms with Crippen LogP contribution in [0.1, 0.15) is 40.4 Å². The van der Waals surface area contributed by atoms with Gasteiger partial charge in [0.25, 0.3) is 5.91 Å². The number of halogens is 2. The summed E-state index contributed by atoms with van der Waals surface area (Å²) in [6.07, 6.45) is 1.54. The van der Waals surface area contributed by atoms with Crippen molar-refractivity contribution in [3.05, 3.63) is 70.2 Å². The van der Waals surface area contributed by atoms with E-state index in [0.717, 1.165) is 30.6 Å². The zero-order valence-corrected chi connectivity index (χ0v) is 17.7. The predicted octanol–water partition coefficient (Wildman–Crippen LogP) is 3.67. The molecule has 154 valence electrons. The maximum atomic E-state index is 13.3. The summed E-state index contributed by atoms with van der Waals surface area (Å²) in [5.41, 5.74) is 2.69. The Morgan fingerprint density at radius 2 is 1.97 bits per heavy atom. The Kier molecular flexibility index (Phi) is 7.17. The first kappa shape index (κ1) is 21.6. The van der Waals surface area contributed by atoms with E-state index in [4.69, 9.17) is 11.6 Å². The minimum atomic E-state index is -0.0521. The number of amides is 2. The van der Waals surface area contributed by atoms with Crippen LogP contribution in [0.25, 0.3) is 0 Å². The van der Waals surface area contributed by atoms with Crippen LogP contribution in [0.3, 0.4) is 0 Å². The quantitative estimate of drug-likeness (QED) is 0.799. The van der Waals surface area contributed by atoms with Crippen LogP contribution >= 0.6 is 24.0 Å². The molecule has 0 aliphatic carbocycles. The molecule has 5 nitrogen and oxygen atoms in total. The number of nitrogens with zero attached hydrogens (tertiary/aromatic N) is 2. The van der Waals surface area contributed by atoms with Gasteiger partial charge < -0.3 is 15.1 Å². The standard InChI is InChI=1S/C22H24ClN3O2.ClH/c23-19-7-2-5-17(13-19)20-14-24-9-11-26(20)22(28)18-6-1-4-16(12-18)15-25-10-3-8-21(25)27;/h1-2,4-7,12-13,20,24H,3,8-11,14-15H2;1H. The highest BCUT2D eigenvalue weighted by Gasteiger charge is 2.29. The third-order valence-corrected chi connectivity index (χ3v) is 5.69. The van der Waals surface area contributed by atoms with Crippen molar-refractivity contribution in [1.29, 1.82) is 0 Å². The van der Waals surface area contributed by atoms with E-state index < -0.39 is 0 Å². The van der Waals surface area contributed by atoms with Crippen molar-refractivity contribution in [2.45, 2.75) is 25.4 Å². The molecule has 2 heterocycles. The molecule has 0 aromatic heterocycles. The van der Waals surface area contributed by atoms with Crippen LogP contribution in [0.2, 0.25) is 5.02 Å². The van der Waals surface area contributed by atoms with Gasteiger partial charge in [0.1, 0.15) is 0 Å². The van der Waals surface area contributed by atoms with Crippen LogP contribution < -0.4 is 5.32 Å². The summed E-state index contributed by atoms with van der Waals surface area (Å²) in [6, 6.07) is 15.3. The Morgan fingerprint density at radius 1 is 1.14 bits per heavy atom. The molecule has 2 fully saturated rings. The molecule has 0 radical (unpaired) electrons. The Bertz CT molecular complexity index is 890. The summed E-state index contributed by atoms with van der Waals surface area (Å²) < 4.78 is 0. The monoisotopic (exact) mass is 433 g/mol. The van der Waals surface area contributed by atoms with Crippen molar-refractivity contribution in [3.8, 4) is 0 Å². The first-order valence-corrected chi connectivity index (χ1v) is 10.1. The van der Waals surface area contributed by atoms with Crippen molar-refractivity contribution in [2.75, 3.05) is 26.2 Å². The molecule has 0 spiro atoms. The molecular weight excluding hydrogens is 409 g/mol. The van der Waals surface area contributed by atoms with E-state index in [1.54, 1.807) is 0 Å². The molecular formula is C22H25Cl2N3O2. The van der Waals surface area contributed by atoms with Gasteiger partial charge in [-0.25, -0.2) is 0 Å². The minimum Gasteiger partial charge on any atom is -0.338 e. The fraction of sp³-hybridized carbons (Fsp3) is 0.364. The van der Waals surface area contributed by atoms with Gasteiger partial charge in [-0.15, -0.1) is 12.4 Å². The predicted molar refractivity (Wildman–Crippen MR) is 116 cm³/mol. The SMILES string of the molecule is Cl.O=C1CCCN1Cc1cccc(C(=O)N2CCNCC2c2cccc(Cl)c2)c1. The van der Waals surface area contributed by atoms with E-state index in [-0.39, 0.29) is 30.3 Å². The highest BCUT2D eigenvalue weighted by atomic mass is 35.5. The van der Waals surface area contributed by atoms with Gasteiger partial charge in [0.15, 0.2) is 0 Å². The van der Waals surface area contributed by atoms with Gasteiger partial charge in [-0.1, -0.05) is 35.9 Å². The molecule has 2 amide bonds. The lowest BCUT2D eigenvalue weighted by Crippen LogP contribution is -2.48. The van der Waals surface area contributed by atoms with Crippen molar-refractivity contribution in [3.63, 3.8) is 0 Å². The normalized spacial score (nSPS) is 19.2. The molecule has 0 saturated carbocycles. The lowest BCUT2D eigenvalue weighted by molar-refractivity contribution is -0.128. The van der Waals surface area contributed by atoms with Gasteiger partial charge in [0.05, 0.1) is 6.04 Å². The van der Waals surface area contributed by atoms with Gasteiger partial charge in [0, 0.05) is 49.7 Å². The molecule has 2 saturated heterocycles. The Balaban J connectivity index is 0.00000240. The van der Waals surface area contributed by atoms with E-state index in [2.05, 4.69) is 5.32 Å². The molecule has 2 aromatic carbocycles. The number of carbonyl (C=O) groups excluding carboxylic acids is 2. The Labute approximate surface area is 182 Å². The second-order valence-electron chi connectivity index (χ2n) is 7.39. The molecule has 1 N–H and O–H groups in total.